The SMILES string of the molecule is Cc1nnc(NCCNCCNc2cccc3ccccc23)c2ccccc12. The summed E-state index contributed by atoms with van der Waals surface area (Å²) in [5.41, 5.74) is 2.14. The van der Waals surface area contributed by atoms with E-state index in [2.05, 4.69) is 80.7 Å². The van der Waals surface area contributed by atoms with Crippen LogP contribution >= 0.6 is 0 Å². The van der Waals surface area contributed by atoms with Gasteiger partial charge in [-0.1, -0.05) is 60.7 Å². The summed E-state index contributed by atoms with van der Waals surface area (Å²) in [7, 11) is 0. The summed E-state index contributed by atoms with van der Waals surface area (Å²) in [5, 5.41) is 23.7. The van der Waals surface area contributed by atoms with Crippen molar-refractivity contribution in [2.45, 2.75) is 6.92 Å². The maximum Gasteiger partial charge on any atom is 0.156 e. The molecule has 0 saturated heterocycles. The summed E-state index contributed by atoms with van der Waals surface area (Å²) >= 11 is 0. The molecule has 0 aliphatic rings. The van der Waals surface area contributed by atoms with Crippen molar-refractivity contribution in [2.24, 2.45) is 0 Å². The van der Waals surface area contributed by atoms with E-state index in [1.54, 1.807) is 0 Å². The molecular formula is C23H25N5. The number of nitrogens with zero attached hydrogens (tertiary/aromatic N) is 2. The zero-order valence-electron chi connectivity index (χ0n) is 16.1. The van der Waals surface area contributed by atoms with Crippen molar-refractivity contribution in [3.05, 3.63) is 72.4 Å². The minimum Gasteiger partial charge on any atom is -0.383 e. The van der Waals surface area contributed by atoms with E-state index < -0.39 is 0 Å². The van der Waals surface area contributed by atoms with E-state index in [-0.39, 0.29) is 0 Å². The number of aromatic nitrogens is 2. The molecule has 5 heteroatoms. The highest BCUT2D eigenvalue weighted by molar-refractivity contribution is 5.94. The Hall–Kier alpha value is -3.18. The van der Waals surface area contributed by atoms with E-state index in [0.717, 1.165) is 48.5 Å². The number of nitrogens with one attached hydrogen (secondary N) is 3. The zero-order valence-corrected chi connectivity index (χ0v) is 16.1. The number of benzene rings is 3. The molecule has 5 nitrogen and oxygen atoms in total. The standard InChI is InChI=1S/C23H25N5/c1-17-19-9-4-5-11-21(19)23(28-27-17)26-16-14-24-13-15-25-22-12-6-8-18-7-2-3-10-20(18)22/h2-12,24-25H,13-16H2,1H3,(H,26,28). The maximum absolute atomic E-state index is 4.31. The number of hydrogen-bond acceptors (Lipinski definition) is 5. The molecule has 28 heavy (non-hydrogen) atoms. The summed E-state index contributed by atoms with van der Waals surface area (Å²) in [6.45, 7) is 5.42. The molecule has 4 aromatic rings. The molecule has 0 aliphatic heterocycles. The molecule has 0 aliphatic carbocycles. The van der Waals surface area contributed by atoms with Crippen LogP contribution in [-0.4, -0.2) is 36.4 Å². The Balaban J connectivity index is 1.23. The lowest BCUT2D eigenvalue weighted by molar-refractivity contribution is 0.718. The molecule has 4 rings (SSSR count). The molecule has 0 amide bonds. The molecule has 0 radical (unpaired) electrons. The molecule has 0 saturated carbocycles. The highest BCUT2D eigenvalue weighted by Gasteiger charge is 2.05. The van der Waals surface area contributed by atoms with Crippen molar-refractivity contribution in [1.82, 2.24) is 15.5 Å². The first-order valence-corrected chi connectivity index (χ1v) is 9.71. The van der Waals surface area contributed by atoms with Gasteiger partial charge >= 0.3 is 0 Å². The molecule has 0 atom stereocenters. The Kier molecular flexibility index (Phi) is 5.64. The average Bonchev–Trinajstić information content (AvgIpc) is 2.75. The first kappa shape index (κ1) is 18.2. The Bertz CT molecular complexity index is 1070. The number of rotatable bonds is 8. The molecule has 3 N–H and O–H groups in total. The van der Waals surface area contributed by atoms with E-state index in [1.165, 1.54) is 16.5 Å². The molecule has 1 aromatic heterocycles. The lowest BCUT2D eigenvalue weighted by atomic mass is 10.1. The molecule has 1 heterocycles. The maximum atomic E-state index is 4.31. The third kappa shape index (κ3) is 4.05. The Morgan fingerprint density at radius 2 is 1.32 bits per heavy atom. The predicted molar refractivity (Wildman–Crippen MR) is 118 cm³/mol. The number of hydrogen-bond donors (Lipinski definition) is 3. The minimum absolute atomic E-state index is 0.802. The van der Waals surface area contributed by atoms with Gasteiger partial charge in [-0.25, -0.2) is 0 Å². The molecular weight excluding hydrogens is 346 g/mol. The molecule has 142 valence electrons. The van der Waals surface area contributed by atoms with Crippen molar-refractivity contribution in [1.29, 1.82) is 0 Å². The van der Waals surface area contributed by atoms with E-state index in [1.807, 2.05) is 19.1 Å². The van der Waals surface area contributed by atoms with Crippen LogP contribution in [-0.2, 0) is 0 Å². The summed E-state index contributed by atoms with van der Waals surface area (Å²) < 4.78 is 0. The Morgan fingerprint density at radius 1 is 0.643 bits per heavy atom. The fraction of sp³-hybridized carbons (Fsp3) is 0.217. The van der Waals surface area contributed by atoms with E-state index in [4.69, 9.17) is 0 Å². The van der Waals surface area contributed by atoms with Crippen LogP contribution in [0.25, 0.3) is 21.5 Å². The first-order valence-electron chi connectivity index (χ1n) is 9.71. The molecule has 3 aromatic carbocycles. The van der Waals surface area contributed by atoms with Gasteiger partial charge in [0, 0.05) is 48.0 Å². The minimum atomic E-state index is 0.802. The van der Waals surface area contributed by atoms with Crippen molar-refractivity contribution in [3.8, 4) is 0 Å². The van der Waals surface area contributed by atoms with Crippen molar-refractivity contribution in [3.63, 3.8) is 0 Å². The molecule has 0 fully saturated rings. The first-order chi connectivity index (χ1) is 13.8. The van der Waals surface area contributed by atoms with Crippen LogP contribution in [0.5, 0.6) is 0 Å². The van der Waals surface area contributed by atoms with Crippen LogP contribution in [0.1, 0.15) is 5.69 Å². The lowest BCUT2D eigenvalue weighted by Crippen LogP contribution is -2.27. The second kappa shape index (κ2) is 8.67. The highest BCUT2D eigenvalue weighted by Crippen LogP contribution is 2.23. The van der Waals surface area contributed by atoms with Crippen molar-refractivity contribution < 1.29 is 0 Å². The van der Waals surface area contributed by atoms with Gasteiger partial charge in [0.1, 0.15) is 0 Å². The predicted octanol–water partition coefficient (Wildman–Crippen LogP) is 4.21. The number of aryl methyl sites for hydroxylation is 1. The second-order valence-corrected chi connectivity index (χ2v) is 6.81. The van der Waals surface area contributed by atoms with Gasteiger partial charge in [-0.15, -0.1) is 5.10 Å². The summed E-state index contributed by atoms with van der Waals surface area (Å²) in [6, 6.07) is 23.0. The van der Waals surface area contributed by atoms with E-state index >= 15 is 0 Å². The molecule has 0 bridgehead atoms. The lowest BCUT2D eigenvalue weighted by Gasteiger charge is -2.12. The fourth-order valence-corrected chi connectivity index (χ4v) is 3.43. The van der Waals surface area contributed by atoms with Gasteiger partial charge < -0.3 is 16.0 Å². The monoisotopic (exact) mass is 371 g/mol. The normalized spacial score (nSPS) is 11.0. The van der Waals surface area contributed by atoms with Gasteiger partial charge in [-0.2, -0.15) is 5.10 Å². The fourth-order valence-electron chi connectivity index (χ4n) is 3.43. The largest absolute Gasteiger partial charge is 0.383 e. The Morgan fingerprint density at radius 3 is 2.18 bits per heavy atom. The van der Waals surface area contributed by atoms with Gasteiger partial charge in [0.05, 0.1) is 5.69 Å². The van der Waals surface area contributed by atoms with Crippen LogP contribution in [0.2, 0.25) is 0 Å². The second-order valence-electron chi connectivity index (χ2n) is 6.81. The van der Waals surface area contributed by atoms with Crippen LogP contribution in [0.4, 0.5) is 11.5 Å². The molecule has 0 unspecified atom stereocenters. The summed E-state index contributed by atoms with van der Waals surface area (Å²) in [5.74, 6) is 0.844. The molecule has 0 spiro atoms. The summed E-state index contributed by atoms with van der Waals surface area (Å²) in [4.78, 5) is 0. The number of fused-ring (bicyclic) bond motifs is 2. The van der Waals surface area contributed by atoms with Crippen molar-refractivity contribution >= 4 is 33.1 Å². The van der Waals surface area contributed by atoms with Crippen LogP contribution in [0, 0.1) is 6.92 Å². The average molecular weight is 371 g/mol. The van der Waals surface area contributed by atoms with Crippen LogP contribution in [0.15, 0.2) is 66.7 Å². The van der Waals surface area contributed by atoms with E-state index in [9.17, 15) is 0 Å². The van der Waals surface area contributed by atoms with E-state index in [0.29, 0.717) is 0 Å². The highest BCUT2D eigenvalue weighted by atomic mass is 15.2. The van der Waals surface area contributed by atoms with Crippen LogP contribution in [0.3, 0.4) is 0 Å². The quantitative estimate of drug-likeness (QED) is 0.405. The van der Waals surface area contributed by atoms with Gasteiger partial charge in [0.15, 0.2) is 5.82 Å². The van der Waals surface area contributed by atoms with Gasteiger partial charge in [-0.3, -0.25) is 0 Å². The van der Waals surface area contributed by atoms with Gasteiger partial charge in [-0.05, 0) is 18.4 Å². The summed E-state index contributed by atoms with van der Waals surface area (Å²) in [6.07, 6.45) is 0. The topological polar surface area (TPSA) is 61.9 Å². The van der Waals surface area contributed by atoms with Crippen molar-refractivity contribution in [2.75, 3.05) is 36.8 Å². The third-order valence-corrected chi connectivity index (χ3v) is 4.87. The smallest absolute Gasteiger partial charge is 0.156 e. The zero-order chi connectivity index (χ0) is 19.2. The van der Waals surface area contributed by atoms with Gasteiger partial charge in [0.25, 0.3) is 0 Å². The van der Waals surface area contributed by atoms with Crippen LogP contribution < -0.4 is 16.0 Å². The van der Waals surface area contributed by atoms with Gasteiger partial charge in [0.2, 0.25) is 0 Å². The Labute approximate surface area is 165 Å². The third-order valence-electron chi connectivity index (χ3n) is 4.87. The number of anilines is 2.